The molecule has 1 fully saturated rings. The first-order valence-corrected chi connectivity index (χ1v) is 7.97. The smallest absolute Gasteiger partial charge is 0.240 e. The molecule has 1 aromatic heterocycles. The largest absolute Gasteiger partial charge is 0.384 e. The van der Waals surface area contributed by atoms with Gasteiger partial charge in [-0.15, -0.1) is 0 Å². The van der Waals surface area contributed by atoms with E-state index >= 15 is 0 Å². The molecule has 2 heterocycles. The first-order valence-electron chi connectivity index (χ1n) is 6.48. The van der Waals surface area contributed by atoms with Crippen LogP contribution >= 0.6 is 0 Å². The second kappa shape index (κ2) is 6.04. The number of piperazine rings is 1. The van der Waals surface area contributed by atoms with Crippen molar-refractivity contribution in [3.63, 3.8) is 0 Å². The molecule has 2 rings (SSSR count). The van der Waals surface area contributed by atoms with E-state index in [9.17, 15) is 8.42 Å². The number of rotatable bonds is 4. The summed E-state index contributed by atoms with van der Waals surface area (Å²) in [6.45, 7) is 3.16. The third-order valence-electron chi connectivity index (χ3n) is 3.55. The highest BCUT2D eigenvalue weighted by atomic mass is 32.2. The summed E-state index contributed by atoms with van der Waals surface area (Å²) in [6.07, 6.45) is 1.39. The van der Waals surface area contributed by atoms with Crippen molar-refractivity contribution in [3.8, 4) is 0 Å². The fraction of sp³-hybridized carbons (Fsp3) is 0.583. The summed E-state index contributed by atoms with van der Waals surface area (Å²) in [5.74, 6) is 0.197. The highest BCUT2D eigenvalue weighted by Crippen LogP contribution is 2.11. The fourth-order valence-electron chi connectivity index (χ4n) is 2.21. The van der Waals surface area contributed by atoms with Crippen molar-refractivity contribution >= 4 is 15.8 Å². The quantitative estimate of drug-likeness (QED) is 0.755. The zero-order valence-corrected chi connectivity index (χ0v) is 12.6. The highest BCUT2D eigenvalue weighted by Gasteiger charge is 2.24. The normalized spacial score (nSPS) is 22.0. The Morgan fingerprint density at radius 3 is 2.90 bits per heavy atom. The number of nitrogens with two attached hydrogens (primary N) is 1. The van der Waals surface area contributed by atoms with Crippen LogP contribution in [0.25, 0.3) is 0 Å². The van der Waals surface area contributed by atoms with E-state index < -0.39 is 10.0 Å². The molecule has 1 aliphatic heterocycles. The Morgan fingerprint density at radius 1 is 1.45 bits per heavy atom. The second-order valence-corrected chi connectivity index (χ2v) is 6.93. The summed E-state index contributed by atoms with van der Waals surface area (Å²) >= 11 is 0. The lowest BCUT2D eigenvalue weighted by Crippen LogP contribution is -2.54. The number of anilines is 1. The number of nitrogen functional groups attached to an aromatic ring is 1. The molecule has 1 atom stereocenters. The average molecular weight is 299 g/mol. The standard InChI is InChI=1S/C12H21N5O2S/c1-16-5-6-17(2)10(9-16)8-15-20(18,19)11-3-4-14-12(13)7-11/h3-4,7,10,15H,5-6,8-9H2,1-2H3,(H2,13,14). The summed E-state index contributed by atoms with van der Waals surface area (Å²) in [4.78, 5) is 8.31. The molecule has 1 unspecified atom stereocenters. The molecule has 1 aromatic rings. The Balaban J connectivity index is 2.02. The van der Waals surface area contributed by atoms with Gasteiger partial charge in [-0.25, -0.2) is 18.1 Å². The van der Waals surface area contributed by atoms with Crippen molar-refractivity contribution in [3.05, 3.63) is 18.3 Å². The molecule has 0 saturated carbocycles. The van der Waals surface area contributed by atoms with E-state index in [1.54, 1.807) is 0 Å². The molecule has 1 aliphatic rings. The fourth-order valence-corrected chi connectivity index (χ4v) is 3.30. The monoisotopic (exact) mass is 299 g/mol. The van der Waals surface area contributed by atoms with E-state index in [4.69, 9.17) is 5.73 Å². The number of nitrogens with zero attached hydrogens (tertiary/aromatic N) is 3. The molecule has 1 saturated heterocycles. The minimum Gasteiger partial charge on any atom is -0.384 e. The molecule has 3 N–H and O–H groups in total. The molecule has 0 aromatic carbocycles. The van der Waals surface area contributed by atoms with Crippen LogP contribution in [0.2, 0.25) is 0 Å². The van der Waals surface area contributed by atoms with E-state index in [2.05, 4.69) is 19.5 Å². The summed E-state index contributed by atoms with van der Waals surface area (Å²) in [7, 11) is 0.512. The van der Waals surface area contributed by atoms with Crippen molar-refractivity contribution in [1.29, 1.82) is 0 Å². The summed E-state index contributed by atoms with van der Waals surface area (Å²) in [5, 5.41) is 0. The first-order chi connectivity index (χ1) is 9.38. The second-order valence-electron chi connectivity index (χ2n) is 5.16. The van der Waals surface area contributed by atoms with Crippen LogP contribution in [0.5, 0.6) is 0 Å². The van der Waals surface area contributed by atoms with Gasteiger partial charge in [-0.3, -0.25) is 4.90 Å². The minimum absolute atomic E-state index is 0.150. The maximum atomic E-state index is 12.2. The lowest BCUT2D eigenvalue weighted by molar-refractivity contribution is 0.117. The van der Waals surface area contributed by atoms with Gasteiger partial charge in [0.1, 0.15) is 5.82 Å². The summed E-state index contributed by atoms with van der Waals surface area (Å²) in [6, 6.07) is 2.97. The summed E-state index contributed by atoms with van der Waals surface area (Å²) < 4.78 is 27.0. The minimum atomic E-state index is -3.54. The molecule has 0 radical (unpaired) electrons. The Labute approximate surface area is 119 Å². The number of pyridine rings is 1. The molecule has 0 aliphatic carbocycles. The molecular formula is C12H21N5O2S. The van der Waals surface area contributed by atoms with Crippen LogP contribution in [-0.2, 0) is 10.0 Å². The van der Waals surface area contributed by atoms with E-state index in [1.807, 2.05) is 14.1 Å². The van der Waals surface area contributed by atoms with Gasteiger partial charge in [0.15, 0.2) is 0 Å². The van der Waals surface area contributed by atoms with Gasteiger partial charge in [0.2, 0.25) is 10.0 Å². The van der Waals surface area contributed by atoms with E-state index in [0.717, 1.165) is 19.6 Å². The lowest BCUT2D eigenvalue weighted by atomic mass is 10.2. The van der Waals surface area contributed by atoms with Gasteiger partial charge < -0.3 is 10.6 Å². The number of hydrogen-bond donors (Lipinski definition) is 2. The molecule has 0 spiro atoms. The van der Waals surface area contributed by atoms with Crippen molar-refractivity contribution in [2.24, 2.45) is 0 Å². The van der Waals surface area contributed by atoms with E-state index in [1.165, 1.54) is 18.3 Å². The molecular weight excluding hydrogens is 278 g/mol. The Morgan fingerprint density at radius 2 is 2.20 bits per heavy atom. The van der Waals surface area contributed by atoms with Crippen LogP contribution in [0.1, 0.15) is 0 Å². The van der Waals surface area contributed by atoms with Crippen molar-refractivity contribution in [1.82, 2.24) is 19.5 Å². The summed E-state index contributed by atoms with van der Waals surface area (Å²) in [5.41, 5.74) is 5.52. The molecule has 20 heavy (non-hydrogen) atoms. The van der Waals surface area contributed by atoms with Crippen LogP contribution < -0.4 is 10.5 Å². The van der Waals surface area contributed by atoms with Gasteiger partial charge >= 0.3 is 0 Å². The Kier molecular flexibility index (Phi) is 4.59. The first kappa shape index (κ1) is 15.2. The van der Waals surface area contributed by atoms with Gasteiger partial charge in [0.05, 0.1) is 4.90 Å². The molecule has 8 heteroatoms. The Bertz CT molecular complexity index is 563. The Hall–Kier alpha value is -1.22. The molecule has 112 valence electrons. The van der Waals surface area contributed by atoms with E-state index in [-0.39, 0.29) is 16.8 Å². The third-order valence-corrected chi connectivity index (χ3v) is 4.97. The number of sulfonamides is 1. The van der Waals surface area contributed by atoms with Crippen LogP contribution in [0.3, 0.4) is 0 Å². The van der Waals surface area contributed by atoms with Gasteiger partial charge in [-0.2, -0.15) is 0 Å². The van der Waals surface area contributed by atoms with Crippen LogP contribution in [0, 0.1) is 0 Å². The zero-order chi connectivity index (χ0) is 14.8. The maximum absolute atomic E-state index is 12.2. The lowest BCUT2D eigenvalue weighted by Gasteiger charge is -2.37. The average Bonchev–Trinajstić information content (AvgIpc) is 2.40. The predicted molar refractivity (Wildman–Crippen MR) is 77.8 cm³/mol. The van der Waals surface area contributed by atoms with Crippen LogP contribution in [0.4, 0.5) is 5.82 Å². The predicted octanol–water partition coefficient (Wildman–Crippen LogP) is -0.812. The molecule has 7 nitrogen and oxygen atoms in total. The van der Waals surface area contributed by atoms with Gasteiger partial charge in [0.25, 0.3) is 0 Å². The SMILES string of the molecule is CN1CCN(C)C(CNS(=O)(=O)c2ccnc(N)c2)C1. The zero-order valence-electron chi connectivity index (χ0n) is 11.8. The van der Waals surface area contributed by atoms with E-state index in [0.29, 0.717) is 6.54 Å². The molecule has 0 amide bonds. The molecule has 0 bridgehead atoms. The van der Waals surface area contributed by atoms with Gasteiger partial charge in [-0.1, -0.05) is 0 Å². The maximum Gasteiger partial charge on any atom is 0.240 e. The number of hydrogen-bond acceptors (Lipinski definition) is 6. The van der Waals surface area contributed by atoms with Crippen molar-refractivity contribution in [2.45, 2.75) is 10.9 Å². The number of likely N-dealkylation sites (N-methyl/N-ethyl adjacent to an activating group) is 2. The number of aromatic nitrogens is 1. The highest BCUT2D eigenvalue weighted by molar-refractivity contribution is 7.89. The van der Waals surface area contributed by atoms with Crippen molar-refractivity contribution in [2.75, 3.05) is 46.0 Å². The van der Waals surface area contributed by atoms with Gasteiger partial charge in [0, 0.05) is 44.5 Å². The third kappa shape index (κ3) is 3.66. The van der Waals surface area contributed by atoms with Crippen molar-refractivity contribution < 1.29 is 8.42 Å². The van der Waals surface area contributed by atoms with Crippen LogP contribution in [0.15, 0.2) is 23.2 Å². The van der Waals surface area contributed by atoms with Crippen LogP contribution in [-0.4, -0.2) is 69.5 Å². The topological polar surface area (TPSA) is 91.6 Å². The van der Waals surface area contributed by atoms with Gasteiger partial charge in [-0.05, 0) is 20.2 Å². The number of nitrogens with one attached hydrogen (secondary N) is 1.